The van der Waals surface area contributed by atoms with E-state index >= 15 is 0 Å². The summed E-state index contributed by atoms with van der Waals surface area (Å²) in [5.41, 5.74) is 0. The monoisotopic (exact) mass is 173 g/mol. The van der Waals surface area contributed by atoms with Crippen molar-refractivity contribution in [1.82, 2.24) is 0 Å². The van der Waals surface area contributed by atoms with Gasteiger partial charge in [0.15, 0.2) is 0 Å². The molecule has 0 aromatic heterocycles. The minimum absolute atomic E-state index is 0.496. The first kappa shape index (κ1) is 5.53. The summed E-state index contributed by atoms with van der Waals surface area (Å²) in [6, 6.07) is -0.496. The summed E-state index contributed by atoms with van der Waals surface area (Å²) >= 11 is 2.61. The number of urea groups is 1. The maximum absolute atomic E-state index is 10.2. The third-order valence-electron chi connectivity index (χ3n) is 0.554. The molecule has 0 unspecified atom stereocenters. The van der Waals surface area contributed by atoms with Crippen LogP contribution in [0.15, 0.2) is 9.98 Å². The van der Waals surface area contributed by atoms with Gasteiger partial charge in [-0.05, 0) is 0 Å². The van der Waals surface area contributed by atoms with Crippen molar-refractivity contribution in [2.24, 2.45) is 9.98 Å². The molecule has 1 radical (unpaired) electrons. The summed E-state index contributed by atoms with van der Waals surface area (Å²) in [4.78, 5) is 16.8. The quantitative estimate of drug-likeness (QED) is 0.453. The molecule has 0 bridgehead atoms. The summed E-state index contributed by atoms with van der Waals surface area (Å²) in [5.74, 6) is 0. The van der Waals surface area contributed by atoms with Gasteiger partial charge in [-0.3, -0.25) is 0 Å². The van der Waals surface area contributed by atoms with Crippen molar-refractivity contribution in [3.63, 3.8) is 0 Å². The van der Waals surface area contributed by atoms with Gasteiger partial charge in [0.25, 0.3) is 0 Å². The number of rotatable bonds is 0. The van der Waals surface area contributed by atoms with E-state index in [2.05, 4.69) is 31.8 Å². The molecule has 8 heavy (non-hydrogen) atoms. The van der Waals surface area contributed by atoms with Gasteiger partial charge in [-0.2, -0.15) is 0 Å². The molecule has 1 heterocycles. The van der Waals surface area contributed by atoms with Gasteiger partial charge in [0, 0.05) is 0 Å². The van der Waals surface area contributed by atoms with Crippen LogP contribution < -0.4 is 0 Å². The first-order valence-electron chi connectivity index (χ1n) is 1.88. The van der Waals surface area contributed by atoms with Crippen LogP contribution >= 0.6 is 0 Å². The maximum atomic E-state index is 10.2. The molecule has 0 fully saturated rings. The van der Waals surface area contributed by atoms with E-state index in [4.69, 9.17) is 0 Å². The normalized spacial score (nSPS) is 17.5. The van der Waals surface area contributed by atoms with Crippen molar-refractivity contribution >= 4 is 38.5 Å². The molecular weight excluding hydrogens is 171 g/mol. The third kappa shape index (κ3) is 1.18. The van der Waals surface area contributed by atoms with Crippen molar-refractivity contribution in [3.05, 3.63) is 0 Å². The Morgan fingerprint density at radius 3 is 2.88 bits per heavy atom. The van der Waals surface area contributed by atoms with Gasteiger partial charge < -0.3 is 0 Å². The fourth-order valence-corrected chi connectivity index (χ4v) is 0.481. The van der Waals surface area contributed by atoms with E-state index in [1.165, 1.54) is 6.21 Å². The summed E-state index contributed by atoms with van der Waals surface area (Å²) < 4.78 is 0.657. The zero-order valence-corrected chi connectivity index (χ0v) is 5.50. The Labute approximate surface area is 53.9 Å². The van der Waals surface area contributed by atoms with Gasteiger partial charge in [0.1, 0.15) is 0 Å². The van der Waals surface area contributed by atoms with E-state index in [0.29, 0.717) is 4.42 Å². The van der Waals surface area contributed by atoms with Crippen LogP contribution in [0.3, 0.4) is 0 Å². The number of hydrogen-bond donors (Lipinski definition) is 0. The molecule has 39 valence electrons. The van der Waals surface area contributed by atoms with Gasteiger partial charge >= 0.3 is 53.2 Å². The Morgan fingerprint density at radius 1 is 1.75 bits per heavy atom. The summed E-state index contributed by atoms with van der Waals surface area (Å²) in [6.45, 7) is 0. The number of aliphatic imine (C=N–C) groups is 2. The average Bonchev–Trinajstić information content (AvgIpc) is 1.77. The van der Waals surface area contributed by atoms with Crippen LogP contribution in [0.2, 0.25) is 0 Å². The van der Waals surface area contributed by atoms with Crippen molar-refractivity contribution in [2.75, 3.05) is 0 Å². The number of nitrogens with zero attached hydrogens (tertiary/aromatic N) is 2. The number of carbonyl (C=O) groups excluding carboxylic acids is 1. The summed E-state index contributed by atoms with van der Waals surface area (Å²) in [7, 11) is 0. The minimum atomic E-state index is -0.496. The molecule has 0 aliphatic carbocycles. The molecule has 0 N–H and O–H groups in total. The van der Waals surface area contributed by atoms with E-state index < -0.39 is 6.03 Å². The molecule has 0 aromatic rings. The molecule has 1 rings (SSSR count). The molecule has 3 nitrogen and oxygen atoms in total. The van der Waals surface area contributed by atoms with Crippen LogP contribution in [-0.2, 0) is 0 Å². The predicted molar refractivity (Wildman–Crippen MR) is 32.1 cm³/mol. The predicted octanol–water partition coefficient (Wildman–Crippen LogP) is -0.520. The zero-order valence-electron chi connectivity index (χ0n) is 3.79. The first-order chi connectivity index (χ1) is 3.79. The van der Waals surface area contributed by atoms with Crippen LogP contribution in [-0.4, -0.2) is 38.5 Å². The Hall–Kier alpha value is -0.601. The Morgan fingerprint density at radius 2 is 2.50 bits per heavy atom. The van der Waals surface area contributed by atoms with Gasteiger partial charge in [-0.15, -0.1) is 0 Å². The van der Waals surface area contributed by atoms with Crippen LogP contribution in [0, 0.1) is 0 Å². The van der Waals surface area contributed by atoms with E-state index in [-0.39, 0.29) is 0 Å². The second-order valence-electron chi connectivity index (χ2n) is 1.13. The van der Waals surface area contributed by atoms with Crippen LogP contribution in [0.1, 0.15) is 0 Å². The van der Waals surface area contributed by atoms with Gasteiger partial charge in [0.05, 0.1) is 0 Å². The number of hydrogen-bond acceptors (Lipinski definition) is 1. The first-order valence-corrected chi connectivity index (χ1v) is 2.73. The second kappa shape index (κ2) is 2.11. The average molecular weight is 172 g/mol. The third-order valence-corrected chi connectivity index (χ3v) is 0.967. The van der Waals surface area contributed by atoms with E-state index in [0.717, 1.165) is 0 Å². The molecule has 0 atom stereocenters. The van der Waals surface area contributed by atoms with Crippen LogP contribution in [0.4, 0.5) is 4.79 Å². The fourth-order valence-electron chi connectivity index (χ4n) is 0.275. The molecule has 0 saturated heterocycles. The van der Waals surface area contributed by atoms with E-state index in [9.17, 15) is 4.79 Å². The molecule has 0 aromatic carbocycles. The Balaban J connectivity index is 2.83. The van der Waals surface area contributed by atoms with Crippen molar-refractivity contribution < 1.29 is 4.79 Å². The molecule has 1 aliphatic rings. The zero-order chi connectivity index (χ0) is 5.98. The van der Waals surface area contributed by atoms with E-state index in [1.54, 1.807) is 0 Å². The van der Waals surface area contributed by atoms with E-state index in [1.807, 2.05) is 0 Å². The van der Waals surface area contributed by atoms with Gasteiger partial charge in [0.2, 0.25) is 0 Å². The Kier molecular flexibility index (Phi) is 1.46. The number of carbonyl (C=O) groups is 1. The SMILES string of the molecule is O=C1N=[C]C(=[Se])C=N1. The molecule has 0 spiro atoms. The summed E-state index contributed by atoms with van der Waals surface area (Å²) in [5, 5.41) is 0. The van der Waals surface area contributed by atoms with Gasteiger partial charge in [-0.1, -0.05) is 0 Å². The topological polar surface area (TPSA) is 41.8 Å². The van der Waals surface area contributed by atoms with Crippen molar-refractivity contribution in [1.29, 1.82) is 0 Å². The fraction of sp³-hybridized carbons (Fsp3) is 0. The number of amides is 2. The Bertz CT molecular complexity index is 156. The molecule has 4 heteroatoms. The van der Waals surface area contributed by atoms with Gasteiger partial charge in [-0.25, -0.2) is 0 Å². The van der Waals surface area contributed by atoms with Crippen LogP contribution in [0.5, 0.6) is 0 Å². The molecule has 2 amide bonds. The summed E-state index contributed by atoms with van der Waals surface area (Å²) in [6.07, 6.45) is 3.80. The molecular formula is C4HN2OSe. The van der Waals surface area contributed by atoms with Crippen molar-refractivity contribution in [2.45, 2.75) is 0 Å². The van der Waals surface area contributed by atoms with Crippen LogP contribution in [0.25, 0.3) is 0 Å². The molecule has 0 saturated carbocycles. The molecule has 1 aliphatic heterocycles. The second-order valence-corrected chi connectivity index (χ2v) is 2.05. The van der Waals surface area contributed by atoms with Crippen molar-refractivity contribution in [3.8, 4) is 0 Å². The standard InChI is InChI=1S/C4HN2OSe/c7-4-5-1-3(8)2-6-4/h1H.